The van der Waals surface area contributed by atoms with Crippen LogP contribution in [-0.2, 0) is 0 Å². The summed E-state index contributed by atoms with van der Waals surface area (Å²) >= 11 is 3.36. The highest BCUT2D eigenvalue weighted by molar-refractivity contribution is 9.10. The highest BCUT2D eigenvalue weighted by Gasteiger charge is 2.15. The summed E-state index contributed by atoms with van der Waals surface area (Å²) in [5, 5.41) is 9.06. The van der Waals surface area contributed by atoms with Gasteiger partial charge in [-0.05, 0) is 26.0 Å². The summed E-state index contributed by atoms with van der Waals surface area (Å²) in [5.41, 5.74) is 2.00. The Kier molecular flexibility index (Phi) is 3.43. The van der Waals surface area contributed by atoms with Gasteiger partial charge in [-0.1, -0.05) is 28.1 Å². The molecule has 92 valence electrons. The van der Waals surface area contributed by atoms with Crippen molar-refractivity contribution in [1.29, 1.82) is 0 Å². The number of nitrogens with zero attached hydrogens (tertiary/aromatic N) is 2. The first-order chi connectivity index (χ1) is 8.49. The van der Waals surface area contributed by atoms with Crippen molar-refractivity contribution in [2.45, 2.75) is 13.8 Å². The van der Waals surface area contributed by atoms with Crippen LogP contribution < -0.4 is 0 Å². The fourth-order valence-electron chi connectivity index (χ4n) is 1.75. The number of hydrogen-bond acceptors (Lipinski definition) is 3. The minimum absolute atomic E-state index is 0.177. The lowest BCUT2D eigenvalue weighted by atomic mass is 10.1. The molecule has 0 saturated carbocycles. The molecule has 0 spiro atoms. The Morgan fingerprint density at radius 1 is 1.11 bits per heavy atom. The third kappa shape index (κ3) is 2.41. The molecule has 0 aliphatic carbocycles. The van der Waals surface area contributed by atoms with Crippen LogP contribution in [0.3, 0.4) is 0 Å². The van der Waals surface area contributed by atoms with Gasteiger partial charge in [0, 0.05) is 10.0 Å². The minimum Gasteiger partial charge on any atom is -0.478 e. The van der Waals surface area contributed by atoms with Crippen molar-refractivity contribution >= 4 is 21.9 Å². The van der Waals surface area contributed by atoms with E-state index in [1.54, 1.807) is 13.8 Å². The van der Waals surface area contributed by atoms with Crippen LogP contribution in [0, 0.1) is 13.8 Å². The van der Waals surface area contributed by atoms with E-state index in [9.17, 15) is 4.79 Å². The molecule has 18 heavy (non-hydrogen) atoms. The third-order valence-corrected chi connectivity index (χ3v) is 3.12. The Labute approximate surface area is 113 Å². The van der Waals surface area contributed by atoms with Crippen LogP contribution >= 0.6 is 15.9 Å². The molecule has 1 N–H and O–H groups in total. The molecule has 0 fully saturated rings. The van der Waals surface area contributed by atoms with E-state index < -0.39 is 5.97 Å². The molecule has 0 aliphatic rings. The Hall–Kier alpha value is -1.75. The summed E-state index contributed by atoms with van der Waals surface area (Å²) in [5.74, 6) is -0.449. The summed E-state index contributed by atoms with van der Waals surface area (Å²) in [7, 11) is 0. The summed E-state index contributed by atoms with van der Waals surface area (Å²) in [6.45, 7) is 3.36. The number of carbonyl (C=O) groups is 1. The smallest absolute Gasteiger partial charge is 0.339 e. The van der Waals surface area contributed by atoms with Gasteiger partial charge in [-0.25, -0.2) is 14.8 Å². The SMILES string of the molecule is Cc1nc(-c2ccc(Br)cc2)nc(C)c1C(=O)O. The maximum atomic E-state index is 11.0. The average Bonchev–Trinajstić information content (AvgIpc) is 2.28. The van der Waals surface area contributed by atoms with Crippen LogP contribution in [-0.4, -0.2) is 21.0 Å². The first kappa shape index (κ1) is 12.7. The average molecular weight is 307 g/mol. The van der Waals surface area contributed by atoms with Gasteiger partial charge in [0.05, 0.1) is 11.4 Å². The predicted molar refractivity (Wildman–Crippen MR) is 71.6 cm³/mol. The maximum Gasteiger partial charge on any atom is 0.339 e. The third-order valence-electron chi connectivity index (χ3n) is 2.59. The number of halogens is 1. The van der Waals surface area contributed by atoms with Gasteiger partial charge < -0.3 is 5.11 Å². The molecule has 0 amide bonds. The topological polar surface area (TPSA) is 63.1 Å². The summed E-state index contributed by atoms with van der Waals surface area (Å²) in [6, 6.07) is 7.57. The summed E-state index contributed by atoms with van der Waals surface area (Å²) in [6.07, 6.45) is 0. The molecule has 0 aliphatic heterocycles. The zero-order chi connectivity index (χ0) is 13.3. The molecule has 0 bridgehead atoms. The molecule has 5 heteroatoms. The lowest BCUT2D eigenvalue weighted by Crippen LogP contribution is -2.08. The zero-order valence-electron chi connectivity index (χ0n) is 9.94. The van der Waals surface area contributed by atoms with Gasteiger partial charge in [0.25, 0.3) is 0 Å². The lowest BCUT2D eigenvalue weighted by molar-refractivity contribution is 0.0694. The number of carboxylic acid groups (broad SMARTS) is 1. The normalized spacial score (nSPS) is 10.4. The Bertz CT molecular complexity index is 586. The van der Waals surface area contributed by atoms with Crippen LogP contribution in [0.5, 0.6) is 0 Å². The van der Waals surface area contributed by atoms with Crippen molar-refractivity contribution < 1.29 is 9.90 Å². The van der Waals surface area contributed by atoms with Gasteiger partial charge in [-0.3, -0.25) is 0 Å². The van der Waals surface area contributed by atoms with Crippen molar-refractivity contribution in [3.05, 3.63) is 45.7 Å². The number of aryl methyl sites for hydroxylation is 2. The lowest BCUT2D eigenvalue weighted by Gasteiger charge is -2.07. The van der Waals surface area contributed by atoms with E-state index in [0.717, 1.165) is 10.0 Å². The molecule has 2 aromatic rings. The van der Waals surface area contributed by atoms with Crippen LogP contribution in [0.4, 0.5) is 0 Å². The molecule has 0 unspecified atom stereocenters. The van der Waals surface area contributed by atoms with Crippen molar-refractivity contribution in [3.8, 4) is 11.4 Å². The van der Waals surface area contributed by atoms with E-state index in [-0.39, 0.29) is 5.56 Å². The largest absolute Gasteiger partial charge is 0.478 e. The van der Waals surface area contributed by atoms with E-state index in [2.05, 4.69) is 25.9 Å². The molecule has 0 radical (unpaired) electrons. The Balaban J connectivity index is 2.54. The molecular weight excluding hydrogens is 296 g/mol. The fourth-order valence-corrected chi connectivity index (χ4v) is 2.02. The van der Waals surface area contributed by atoms with Crippen molar-refractivity contribution in [2.75, 3.05) is 0 Å². The number of aromatic nitrogens is 2. The first-order valence-corrected chi connectivity index (χ1v) is 6.13. The van der Waals surface area contributed by atoms with Gasteiger partial charge in [0.2, 0.25) is 0 Å². The van der Waals surface area contributed by atoms with Crippen molar-refractivity contribution in [1.82, 2.24) is 9.97 Å². The molecule has 1 aromatic heterocycles. The highest BCUT2D eigenvalue weighted by atomic mass is 79.9. The molecule has 1 heterocycles. The van der Waals surface area contributed by atoms with Crippen molar-refractivity contribution in [2.24, 2.45) is 0 Å². The van der Waals surface area contributed by atoms with E-state index in [1.165, 1.54) is 0 Å². The second-order valence-electron chi connectivity index (χ2n) is 3.91. The summed E-state index contributed by atoms with van der Waals surface area (Å²) in [4.78, 5) is 19.5. The van der Waals surface area contributed by atoms with Crippen LogP contribution in [0.2, 0.25) is 0 Å². The monoisotopic (exact) mass is 306 g/mol. The zero-order valence-corrected chi connectivity index (χ0v) is 11.5. The minimum atomic E-state index is -0.993. The number of hydrogen-bond donors (Lipinski definition) is 1. The molecular formula is C13H11BrN2O2. The molecule has 2 rings (SSSR count). The van der Waals surface area contributed by atoms with Gasteiger partial charge in [-0.15, -0.1) is 0 Å². The van der Waals surface area contributed by atoms with Crippen LogP contribution in [0.1, 0.15) is 21.7 Å². The van der Waals surface area contributed by atoms with Crippen LogP contribution in [0.15, 0.2) is 28.7 Å². The maximum absolute atomic E-state index is 11.0. The first-order valence-electron chi connectivity index (χ1n) is 5.33. The number of aromatic carboxylic acids is 1. The quantitative estimate of drug-likeness (QED) is 0.925. The molecule has 4 nitrogen and oxygen atoms in total. The predicted octanol–water partition coefficient (Wildman–Crippen LogP) is 3.22. The Morgan fingerprint density at radius 2 is 1.61 bits per heavy atom. The molecule has 1 aromatic carbocycles. The number of carboxylic acids is 1. The number of rotatable bonds is 2. The fraction of sp³-hybridized carbons (Fsp3) is 0.154. The summed E-state index contributed by atoms with van der Waals surface area (Å²) < 4.78 is 0.974. The van der Waals surface area contributed by atoms with Crippen molar-refractivity contribution in [3.63, 3.8) is 0 Å². The second kappa shape index (κ2) is 4.86. The standard InChI is InChI=1S/C13H11BrN2O2/c1-7-11(13(17)18)8(2)16-12(15-7)9-3-5-10(14)6-4-9/h3-6H,1-2H3,(H,17,18). The molecule has 0 atom stereocenters. The second-order valence-corrected chi connectivity index (χ2v) is 4.82. The van der Waals surface area contributed by atoms with E-state index in [0.29, 0.717) is 17.2 Å². The Morgan fingerprint density at radius 3 is 2.06 bits per heavy atom. The molecule has 0 saturated heterocycles. The van der Waals surface area contributed by atoms with Gasteiger partial charge in [0.1, 0.15) is 5.56 Å². The van der Waals surface area contributed by atoms with Gasteiger partial charge in [-0.2, -0.15) is 0 Å². The van der Waals surface area contributed by atoms with Crippen LogP contribution in [0.25, 0.3) is 11.4 Å². The van der Waals surface area contributed by atoms with E-state index >= 15 is 0 Å². The van der Waals surface area contributed by atoms with E-state index in [1.807, 2.05) is 24.3 Å². The van der Waals surface area contributed by atoms with E-state index in [4.69, 9.17) is 5.11 Å². The number of benzene rings is 1. The van der Waals surface area contributed by atoms with Gasteiger partial charge in [0.15, 0.2) is 5.82 Å². The highest BCUT2D eigenvalue weighted by Crippen LogP contribution is 2.21. The van der Waals surface area contributed by atoms with Gasteiger partial charge >= 0.3 is 5.97 Å².